The molecule has 0 amide bonds. The molecule has 0 aromatic carbocycles. The van der Waals surface area contributed by atoms with E-state index in [9.17, 15) is 0 Å². The molecule has 0 saturated carbocycles. The Morgan fingerprint density at radius 3 is 3.07 bits per heavy atom. The highest BCUT2D eigenvalue weighted by Gasteiger charge is 2.16. The van der Waals surface area contributed by atoms with E-state index in [-0.39, 0.29) is 5.28 Å². The third-order valence-electron chi connectivity index (χ3n) is 2.51. The summed E-state index contributed by atoms with van der Waals surface area (Å²) in [5.41, 5.74) is 0.812. The molecule has 1 aromatic heterocycles. The lowest BCUT2D eigenvalue weighted by atomic mass is 10.1. The standard InChI is InChI=1S/C10H12Cl2N2O/c11-8-6-13-10(12)14-9(8)4-3-7-2-1-5-15-7/h6-7H,1-5H2. The van der Waals surface area contributed by atoms with Crippen molar-refractivity contribution in [2.45, 2.75) is 31.8 Å². The summed E-state index contributed by atoms with van der Waals surface area (Å²) in [4.78, 5) is 7.91. The Morgan fingerprint density at radius 2 is 2.33 bits per heavy atom. The van der Waals surface area contributed by atoms with E-state index in [0.29, 0.717) is 11.1 Å². The van der Waals surface area contributed by atoms with E-state index in [0.717, 1.165) is 38.0 Å². The van der Waals surface area contributed by atoms with E-state index < -0.39 is 0 Å². The summed E-state index contributed by atoms with van der Waals surface area (Å²) in [6.45, 7) is 0.878. The Labute approximate surface area is 98.8 Å². The van der Waals surface area contributed by atoms with Gasteiger partial charge in [-0.3, -0.25) is 0 Å². The first kappa shape index (κ1) is 11.1. The molecular formula is C10H12Cl2N2O. The summed E-state index contributed by atoms with van der Waals surface area (Å²) in [6.07, 6.45) is 5.94. The summed E-state index contributed by atoms with van der Waals surface area (Å²) >= 11 is 11.7. The number of rotatable bonds is 3. The van der Waals surface area contributed by atoms with Crippen molar-refractivity contribution in [2.24, 2.45) is 0 Å². The van der Waals surface area contributed by atoms with Crippen LogP contribution in [0.2, 0.25) is 10.3 Å². The van der Waals surface area contributed by atoms with Crippen LogP contribution in [0.25, 0.3) is 0 Å². The topological polar surface area (TPSA) is 35.0 Å². The second kappa shape index (κ2) is 5.10. The maximum atomic E-state index is 5.96. The zero-order chi connectivity index (χ0) is 10.7. The largest absolute Gasteiger partial charge is 0.378 e. The maximum Gasteiger partial charge on any atom is 0.222 e. The fourth-order valence-electron chi connectivity index (χ4n) is 1.72. The Hall–Kier alpha value is -0.380. The van der Waals surface area contributed by atoms with Gasteiger partial charge in [0.1, 0.15) is 0 Å². The average Bonchev–Trinajstić information content (AvgIpc) is 2.72. The van der Waals surface area contributed by atoms with Gasteiger partial charge in [0.05, 0.1) is 23.0 Å². The van der Waals surface area contributed by atoms with E-state index >= 15 is 0 Å². The van der Waals surface area contributed by atoms with E-state index in [4.69, 9.17) is 27.9 Å². The zero-order valence-electron chi connectivity index (χ0n) is 8.25. The molecule has 0 spiro atoms. The van der Waals surface area contributed by atoms with Crippen molar-refractivity contribution >= 4 is 23.2 Å². The SMILES string of the molecule is Clc1ncc(Cl)c(CCC2CCCO2)n1. The number of hydrogen-bond donors (Lipinski definition) is 0. The van der Waals surface area contributed by atoms with Crippen LogP contribution < -0.4 is 0 Å². The van der Waals surface area contributed by atoms with Crippen LogP contribution in [0.4, 0.5) is 0 Å². The fourth-order valence-corrected chi connectivity index (χ4v) is 2.06. The number of ether oxygens (including phenoxy) is 1. The Kier molecular flexibility index (Phi) is 3.78. The van der Waals surface area contributed by atoms with Crippen molar-refractivity contribution in [3.8, 4) is 0 Å². The predicted molar refractivity (Wildman–Crippen MR) is 59.3 cm³/mol. The Bertz CT molecular complexity index is 340. The Balaban J connectivity index is 1.94. The van der Waals surface area contributed by atoms with E-state index in [1.807, 2.05) is 0 Å². The molecule has 0 bridgehead atoms. The minimum Gasteiger partial charge on any atom is -0.378 e. The van der Waals surface area contributed by atoms with Gasteiger partial charge < -0.3 is 4.74 Å². The van der Waals surface area contributed by atoms with Gasteiger partial charge in [-0.1, -0.05) is 11.6 Å². The molecule has 5 heteroatoms. The van der Waals surface area contributed by atoms with Crippen LogP contribution in [-0.2, 0) is 11.2 Å². The normalized spacial score (nSPS) is 20.8. The molecule has 1 saturated heterocycles. The minimum atomic E-state index is 0.252. The molecule has 1 aliphatic heterocycles. The van der Waals surface area contributed by atoms with Gasteiger partial charge in [-0.25, -0.2) is 9.97 Å². The molecule has 3 nitrogen and oxygen atoms in total. The van der Waals surface area contributed by atoms with Crippen LogP contribution in [-0.4, -0.2) is 22.7 Å². The second-order valence-corrected chi connectivity index (χ2v) is 4.35. The first-order valence-corrected chi connectivity index (χ1v) is 5.80. The van der Waals surface area contributed by atoms with Crippen LogP contribution in [0.5, 0.6) is 0 Å². The number of aromatic nitrogens is 2. The first-order valence-electron chi connectivity index (χ1n) is 5.04. The molecule has 1 aliphatic rings. The van der Waals surface area contributed by atoms with Crippen molar-refractivity contribution in [1.29, 1.82) is 0 Å². The monoisotopic (exact) mass is 246 g/mol. The molecule has 1 aromatic rings. The summed E-state index contributed by atoms with van der Waals surface area (Å²) < 4.78 is 5.53. The van der Waals surface area contributed by atoms with Crippen LogP contribution >= 0.6 is 23.2 Å². The van der Waals surface area contributed by atoms with E-state index in [2.05, 4.69) is 9.97 Å². The number of aryl methyl sites for hydroxylation is 1. The Morgan fingerprint density at radius 1 is 1.47 bits per heavy atom. The van der Waals surface area contributed by atoms with Gasteiger partial charge in [0.25, 0.3) is 0 Å². The molecule has 1 unspecified atom stereocenters. The van der Waals surface area contributed by atoms with Gasteiger partial charge in [-0.15, -0.1) is 0 Å². The third-order valence-corrected chi connectivity index (χ3v) is 3.01. The molecule has 2 rings (SSSR count). The molecule has 0 aliphatic carbocycles. The van der Waals surface area contributed by atoms with Gasteiger partial charge >= 0.3 is 0 Å². The van der Waals surface area contributed by atoms with Gasteiger partial charge in [-0.05, 0) is 37.3 Å². The predicted octanol–water partition coefficient (Wildman–Crippen LogP) is 2.90. The molecule has 1 atom stereocenters. The molecule has 15 heavy (non-hydrogen) atoms. The fraction of sp³-hybridized carbons (Fsp3) is 0.600. The van der Waals surface area contributed by atoms with Gasteiger partial charge in [0.2, 0.25) is 5.28 Å². The molecule has 0 radical (unpaired) electrons. The van der Waals surface area contributed by atoms with Crippen LogP contribution in [0, 0.1) is 0 Å². The summed E-state index contributed by atoms with van der Waals surface area (Å²) in [7, 11) is 0. The van der Waals surface area contributed by atoms with Crippen LogP contribution in [0.3, 0.4) is 0 Å². The maximum absolute atomic E-state index is 5.96. The third kappa shape index (κ3) is 3.03. The lowest BCUT2D eigenvalue weighted by Gasteiger charge is -2.09. The van der Waals surface area contributed by atoms with Crippen LogP contribution in [0.15, 0.2) is 6.20 Å². The smallest absolute Gasteiger partial charge is 0.222 e. The van der Waals surface area contributed by atoms with Crippen molar-refractivity contribution in [3.63, 3.8) is 0 Å². The summed E-state index contributed by atoms with van der Waals surface area (Å²) in [5, 5.41) is 0.833. The van der Waals surface area contributed by atoms with Crippen molar-refractivity contribution in [1.82, 2.24) is 9.97 Å². The summed E-state index contributed by atoms with van der Waals surface area (Å²) in [5.74, 6) is 0. The quantitative estimate of drug-likeness (QED) is 0.770. The first-order chi connectivity index (χ1) is 7.25. The number of hydrogen-bond acceptors (Lipinski definition) is 3. The highest BCUT2D eigenvalue weighted by atomic mass is 35.5. The number of halogens is 2. The number of nitrogens with zero attached hydrogens (tertiary/aromatic N) is 2. The molecule has 1 fully saturated rings. The minimum absolute atomic E-state index is 0.252. The zero-order valence-corrected chi connectivity index (χ0v) is 9.76. The lowest BCUT2D eigenvalue weighted by Crippen LogP contribution is -2.07. The second-order valence-electron chi connectivity index (χ2n) is 3.61. The van der Waals surface area contributed by atoms with Crippen LogP contribution in [0.1, 0.15) is 25.0 Å². The highest BCUT2D eigenvalue weighted by molar-refractivity contribution is 6.31. The molecule has 0 N–H and O–H groups in total. The highest BCUT2D eigenvalue weighted by Crippen LogP contribution is 2.21. The van der Waals surface area contributed by atoms with Gasteiger partial charge in [0.15, 0.2) is 0 Å². The van der Waals surface area contributed by atoms with Crippen molar-refractivity contribution in [2.75, 3.05) is 6.61 Å². The van der Waals surface area contributed by atoms with Gasteiger partial charge in [0, 0.05) is 6.61 Å². The average molecular weight is 247 g/mol. The van der Waals surface area contributed by atoms with Crippen molar-refractivity contribution in [3.05, 3.63) is 22.2 Å². The van der Waals surface area contributed by atoms with Crippen molar-refractivity contribution < 1.29 is 4.74 Å². The van der Waals surface area contributed by atoms with E-state index in [1.165, 1.54) is 0 Å². The molecule has 82 valence electrons. The van der Waals surface area contributed by atoms with Gasteiger partial charge in [-0.2, -0.15) is 0 Å². The van der Waals surface area contributed by atoms with E-state index in [1.54, 1.807) is 6.20 Å². The lowest BCUT2D eigenvalue weighted by molar-refractivity contribution is 0.104. The molecular weight excluding hydrogens is 235 g/mol. The summed E-state index contributed by atoms with van der Waals surface area (Å²) in [6, 6.07) is 0. The molecule has 2 heterocycles.